The number of aromatic nitrogens is 2. The molecule has 1 aliphatic rings. The van der Waals surface area contributed by atoms with Gasteiger partial charge in [0.25, 0.3) is 0 Å². The van der Waals surface area contributed by atoms with E-state index in [0.717, 1.165) is 5.56 Å². The predicted octanol–water partition coefficient (Wildman–Crippen LogP) is 1.85. The maximum Gasteiger partial charge on any atom is 0.410 e. The van der Waals surface area contributed by atoms with Crippen LogP contribution in [-0.4, -0.2) is 44.9 Å². The van der Waals surface area contributed by atoms with E-state index in [2.05, 4.69) is 5.10 Å². The summed E-state index contributed by atoms with van der Waals surface area (Å²) in [5.41, 5.74) is 1.76. The fourth-order valence-corrected chi connectivity index (χ4v) is 2.71. The third kappa shape index (κ3) is 3.03. The van der Waals surface area contributed by atoms with Gasteiger partial charge in [-0.05, 0) is 5.56 Å². The molecule has 1 aromatic heterocycles. The van der Waals surface area contributed by atoms with Crippen LogP contribution in [0.2, 0.25) is 0 Å². The Labute approximate surface area is 133 Å². The lowest BCUT2D eigenvalue weighted by Gasteiger charge is -2.38. The minimum absolute atomic E-state index is 0.0297. The molecular formula is C16H17N3O4. The number of carbonyl (C=O) groups excluding carboxylic acids is 1. The second-order valence-electron chi connectivity index (χ2n) is 5.51. The van der Waals surface area contributed by atoms with Crippen molar-refractivity contribution in [2.45, 2.75) is 12.5 Å². The molecule has 0 bridgehead atoms. The number of rotatable bonds is 4. The highest BCUT2D eigenvalue weighted by Gasteiger charge is 2.37. The van der Waals surface area contributed by atoms with Crippen LogP contribution < -0.4 is 0 Å². The molecule has 1 N–H and O–H groups in total. The van der Waals surface area contributed by atoms with Crippen molar-refractivity contribution < 1.29 is 19.4 Å². The van der Waals surface area contributed by atoms with Crippen molar-refractivity contribution in [3.63, 3.8) is 0 Å². The summed E-state index contributed by atoms with van der Waals surface area (Å²) in [5, 5.41) is 13.2. The highest BCUT2D eigenvalue weighted by Crippen LogP contribution is 2.29. The molecule has 0 atom stereocenters. The van der Waals surface area contributed by atoms with Crippen molar-refractivity contribution in [2.75, 3.05) is 13.1 Å². The van der Waals surface area contributed by atoms with Gasteiger partial charge in [-0.2, -0.15) is 5.10 Å². The maximum absolute atomic E-state index is 12.0. The van der Waals surface area contributed by atoms with Gasteiger partial charge in [-0.1, -0.05) is 30.3 Å². The van der Waals surface area contributed by atoms with Gasteiger partial charge in [0.15, 0.2) is 0 Å². The Balaban J connectivity index is 1.56. The monoisotopic (exact) mass is 315 g/mol. The molecule has 2 heterocycles. The molecule has 120 valence electrons. The fourth-order valence-electron chi connectivity index (χ4n) is 2.71. The highest BCUT2D eigenvalue weighted by molar-refractivity contribution is 5.89. The van der Waals surface area contributed by atoms with Crippen LogP contribution in [0, 0.1) is 0 Å². The Morgan fingerprint density at radius 3 is 2.65 bits per heavy atom. The standard InChI is InChI=1S/C16H17N3O4/c1-18-14(13(7-17-18)15(20)21)12-8-19(9-12)16(22)23-10-11-5-3-2-4-6-11/h2-7,12H,8-10H2,1H3,(H,20,21). The Hall–Kier alpha value is -2.83. The number of hydrogen-bond acceptors (Lipinski definition) is 4. The van der Waals surface area contributed by atoms with E-state index < -0.39 is 5.97 Å². The van der Waals surface area contributed by atoms with E-state index >= 15 is 0 Å². The summed E-state index contributed by atoms with van der Waals surface area (Å²) < 4.78 is 6.81. The van der Waals surface area contributed by atoms with Crippen LogP contribution in [-0.2, 0) is 18.4 Å². The molecule has 7 nitrogen and oxygen atoms in total. The first-order valence-electron chi connectivity index (χ1n) is 7.27. The normalized spacial score (nSPS) is 14.4. The van der Waals surface area contributed by atoms with Gasteiger partial charge in [-0.15, -0.1) is 0 Å². The molecule has 2 aromatic rings. The first-order valence-corrected chi connectivity index (χ1v) is 7.27. The summed E-state index contributed by atoms with van der Waals surface area (Å²) in [6.07, 6.45) is 0.956. The predicted molar refractivity (Wildman–Crippen MR) is 81.1 cm³/mol. The second-order valence-corrected chi connectivity index (χ2v) is 5.51. The van der Waals surface area contributed by atoms with Gasteiger partial charge < -0.3 is 14.7 Å². The number of aromatic carboxylic acids is 1. The van der Waals surface area contributed by atoms with Crippen molar-refractivity contribution in [3.8, 4) is 0 Å². The topological polar surface area (TPSA) is 84.7 Å². The van der Waals surface area contributed by atoms with Crippen LogP contribution in [0.15, 0.2) is 36.5 Å². The lowest BCUT2D eigenvalue weighted by atomic mass is 9.94. The number of carboxylic acids is 1. The van der Waals surface area contributed by atoms with Crippen molar-refractivity contribution in [1.82, 2.24) is 14.7 Å². The molecule has 0 spiro atoms. The molecule has 1 amide bonds. The molecule has 0 saturated carbocycles. The van der Waals surface area contributed by atoms with E-state index in [1.54, 1.807) is 16.6 Å². The van der Waals surface area contributed by atoms with Crippen LogP contribution in [0.1, 0.15) is 27.5 Å². The smallest absolute Gasteiger partial charge is 0.410 e. The zero-order chi connectivity index (χ0) is 16.4. The minimum atomic E-state index is -1.00. The first-order chi connectivity index (χ1) is 11.1. The van der Waals surface area contributed by atoms with Crippen LogP contribution in [0.25, 0.3) is 0 Å². The molecule has 1 aliphatic heterocycles. The molecule has 23 heavy (non-hydrogen) atoms. The van der Waals surface area contributed by atoms with Crippen molar-refractivity contribution in [1.29, 1.82) is 0 Å². The molecule has 3 rings (SSSR count). The summed E-state index contributed by atoms with van der Waals surface area (Å²) in [4.78, 5) is 24.7. The fraction of sp³-hybridized carbons (Fsp3) is 0.312. The van der Waals surface area contributed by atoms with Gasteiger partial charge in [0.1, 0.15) is 12.2 Å². The average molecular weight is 315 g/mol. The minimum Gasteiger partial charge on any atom is -0.478 e. The van der Waals surface area contributed by atoms with E-state index in [-0.39, 0.29) is 24.2 Å². The molecule has 0 radical (unpaired) electrons. The quantitative estimate of drug-likeness (QED) is 0.931. The van der Waals surface area contributed by atoms with E-state index in [1.807, 2.05) is 30.3 Å². The largest absolute Gasteiger partial charge is 0.478 e. The number of benzene rings is 1. The van der Waals surface area contributed by atoms with Gasteiger partial charge in [-0.3, -0.25) is 4.68 Å². The molecule has 1 fully saturated rings. The lowest BCUT2D eigenvalue weighted by Crippen LogP contribution is -2.49. The summed E-state index contributed by atoms with van der Waals surface area (Å²) in [7, 11) is 1.71. The molecular weight excluding hydrogens is 298 g/mol. The van der Waals surface area contributed by atoms with Gasteiger partial charge >= 0.3 is 12.1 Å². The van der Waals surface area contributed by atoms with Crippen LogP contribution in [0.4, 0.5) is 4.79 Å². The van der Waals surface area contributed by atoms with Crippen molar-refractivity contribution in [3.05, 3.63) is 53.3 Å². The third-order valence-corrected chi connectivity index (χ3v) is 3.95. The number of ether oxygens (including phenoxy) is 1. The number of aryl methyl sites for hydroxylation is 1. The highest BCUT2D eigenvalue weighted by atomic mass is 16.6. The molecule has 7 heteroatoms. The van der Waals surface area contributed by atoms with Gasteiger partial charge in [0, 0.05) is 26.1 Å². The molecule has 1 aromatic carbocycles. The number of carboxylic acid groups (broad SMARTS) is 1. The SMILES string of the molecule is Cn1ncc(C(=O)O)c1C1CN(C(=O)OCc2ccccc2)C1. The Kier molecular flexibility index (Phi) is 4.01. The number of likely N-dealkylation sites (tertiary alicyclic amines) is 1. The van der Waals surface area contributed by atoms with Gasteiger partial charge in [-0.25, -0.2) is 9.59 Å². The zero-order valence-corrected chi connectivity index (χ0v) is 12.7. The second kappa shape index (κ2) is 6.12. The number of carbonyl (C=O) groups is 2. The number of hydrogen-bond donors (Lipinski definition) is 1. The van der Waals surface area contributed by atoms with Crippen LogP contribution >= 0.6 is 0 Å². The average Bonchev–Trinajstić information content (AvgIpc) is 2.87. The first kappa shape index (κ1) is 15.1. The van der Waals surface area contributed by atoms with E-state index in [0.29, 0.717) is 18.8 Å². The van der Waals surface area contributed by atoms with Gasteiger partial charge in [0.2, 0.25) is 0 Å². The molecule has 0 unspecified atom stereocenters. The van der Waals surface area contributed by atoms with E-state index in [4.69, 9.17) is 4.74 Å². The van der Waals surface area contributed by atoms with Crippen molar-refractivity contribution in [2.24, 2.45) is 7.05 Å². The van der Waals surface area contributed by atoms with E-state index in [1.165, 1.54) is 6.20 Å². The van der Waals surface area contributed by atoms with Crippen LogP contribution in [0.3, 0.4) is 0 Å². The summed E-state index contributed by atoms with van der Waals surface area (Å²) in [6, 6.07) is 9.46. The van der Waals surface area contributed by atoms with E-state index in [9.17, 15) is 14.7 Å². The molecule has 0 aliphatic carbocycles. The Morgan fingerprint density at radius 2 is 2.00 bits per heavy atom. The number of amides is 1. The summed E-state index contributed by atoms with van der Waals surface area (Å²) in [5.74, 6) is -1.03. The third-order valence-electron chi connectivity index (χ3n) is 3.95. The summed E-state index contributed by atoms with van der Waals surface area (Å²) >= 11 is 0. The lowest BCUT2D eigenvalue weighted by molar-refractivity contribution is 0.0636. The van der Waals surface area contributed by atoms with Crippen molar-refractivity contribution >= 4 is 12.1 Å². The Bertz CT molecular complexity index is 720. The van der Waals surface area contributed by atoms with Crippen LogP contribution in [0.5, 0.6) is 0 Å². The maximum atomic E-state index is 12.0. The number of nitrogens with zero attached hydrogens (tertiary/aromatic N) is 3. The van der Waals surface area contributed by atoms with Gasteiger partial charge in [0.05, 0.1) is 11.9 Å². The molecule has 1 saturated heterocycles. The Morgan fingerprint density at radius 1 is 1.30 bits per heavy atom. The zero-order valence-electron chi connectivity index (χ0n) is 12.7. The summed E-state index contributed by atoms with van der Waals surface area (Å²) in [6.45, 7) is 1.10.